The van der Waals surface area contributed by atoms with Crippen molar-refractivity contribution in [1.29, 1.82) is 0 Å². The van der Waals surface area contributed by atoms with E-state index in [1.807, 2.05) is 7.05 Å². The predicted octanol–water partition coefficient (Wildman–Crippen LogP) is 3.87. The van der Waals surface area contributed by atoms with Gasteiger partial charge >= 0.3 is 0 Å². The second-order valence-electron chi connectivity index (χ2n) is 5.66. The lowest BCUT2D eigenvalue weighted by Gasteiger charge is -2.19. The molecule has 1 saturated heterocycles. The number of hydrogen-bond acceptors (Lipinski definition) is 3. The predicted molar refractivity (Wildman–Crippen MR) is 80.4 cm³/mol. The van der Waals surface area contributed by atoms with Crippen molar-refractivity contribution in [2.45, 2.75) is 83.5 Å². The highest BCUT2D eigenvalue weighted by atomic mass is 16.7. The van der Waals surface area contributed by atoms with Gasteiger partial charge in [0.15, 0.2) is 6.29 Å². The van der Waals surface area contributed by atoms with Gasteiger partial charge < -0.3 is 14.8 Å². The van der Waals surface area contributed by atoms with E-state index in [-0.39, 0.29) is 6.29 Å². The molecule has 1 N–H and O–H groups in total. The average Bonchev–Trinajstić information content (AvgIpc) is 2.93. The maximum Gasteiger partial charge on any atom is 0.159 e. The van der Waals surface area contributed by atoms with Crippen LogP contribution >= 0.6 is 0 Å². The molecular weight excluding hydrogens is 238 g/mol. The normalized spacial score (nSPS) is 18.0. The van der Waals surface area contributed by atoms with Crippen LogP contribution in [0.15, 0.2) is 0 Å². The topological polar surface area (TPSA) is 30.5 Å². The average molecular weight is 271 g/mol. The van der Waals surface area contributed by atoms with Gasteiger partial charge in [0.05, 0.1) is 13.2 Å². The Morgan fingerprint density at radius 1 is 0.947 bits per heavy atom. The van der Waals surface area contributed by atoms with Gasteiger partial charge in [0, 0.05) is 12.5 Å². The van der Waals surface area contributed by atoms with Crippen molar-refractivity contribution < 1.29 is 9.47 Å². The number of ether oxygens (including phenoxy) is 2. The molecule has 0 radical (unpaired) electrons. The summed E-state index contributed by atoms with van der Waals surface area (Å²) in [5, 5.41) is 3.39. The zero-order valence-electron chi connectivity index (χ0n) is 13.0. The summed E-state index contributed by atoms with van der Waals surface area (Å²) in [6.45, 7) is 3.80. The standard InChI is InChI=1S/C16H33NO2/c1-3-4-5-6-7-8-9-10-11-15(17-2)14-16-18-12-13-19-16/h15-17H,3-14H2,1-2H3. The maximum atomic E-state index is 5.51. The zero-order chi connectivity index (χ0) is 13.8. The first-order chi connectivity index (χ1) is 9.36. The van der Waals surface area contributed by atoms with Crippen LogP contribution in [0.1, 0.15) is 71.1 Å². The van der Waals surface area contributed by atoms with Crippen LogP contribution in [0.25, 0.3) is 0 Å². The third-order valence-electron chi connectivity index (χ3n) is 3.98. The molecule has 1 aliphatic heterocycles. The molecule has 3 nitrogen and oxygen atoms in total. The van der Waals surface area contributed by atoms with Crippen LogP contribution in [-0.2, 0) is 9.47 Å². The highest BCUT2D eigenvalue weighted by molar-refractivity contribution is 4.68. The molecule has 0 saturated carbocycles. The summed E-state index contributed by atoms with van der Waals surface area (Å²) in [4.78, 5) is 0. The second kappa shape index (κ2) is 11.7. The van der Waals surface area contributed by atoms with Crippen LogP contribution in [0.2, 0.25) is 0 Å². The van der Waals surface area contributed by atoms with Crippen molar-refractivity contribution >= 4 is 0 Å². The van der Waals surface area contributed by atoms with Crippen LogP contribution in [0.5, 0.6) is 0 Å². The number of rotatable bonds is 12. The quantitative estimate of drug-likeness (QED) is 0.547. The van der Waals surface area contributed by atoms with Gasteiger partial charge in [-0.25, -0.2) is 0 Å². The molecule has 0 aromatic rings. The van der Waals surface area contributed by atoms with Crippen molar-refractivity contribution in [3.05, 3.63) is 0 Å². The van der Waals surface area contributed by atoms with Gasteiger partial charge in [-0.05, 0) is 13.5 Å². The summed E-state index contributed by atoms with van der Waals surface area (Å²) < 4.78 is 11.0. The summed E-state index contributed by atoms with van der Waals surface area (Å²) >= 11 is 0. The first-order valence-electron chi connectivity index (χ1n) is 8.27. The lowest BCUT2D eigenvalue weighted by molar-refractivity contribution is -0.0528. The van der Waals surface area contributed by atoms with E-state index in [0.717, 1.165) is 19.6 Å². The second-order valence-corrected chi connectivity index (χ2v) is 5.66. The minimum Gasteiger partial charge on any atom is -0.350 e. The molecule has 1 atom stereocenters. The van der Waals surface area contributed by atoms with Crippen molar-refractivity contribution in [2.75, 3.05) is 20.3 Å². The number of nitrogens with one attached hydrogen (secondary N) is 1. The molecule has 19 heavy (non-hydrogen) atoms. The molecular formula is C16H33NO2. The smallest absolute Gasteiger partial charge is 0.159 e. The summed E-state index contributed by atoms with van der Waals surface area (Å²) in [5.74, 6) is 0. The monoisotopic (exact) mass is 271 g/mol. The highest BCUT2D eigenvalue weighted by Gasteiger charge is 2.20. The van der Waals surface area contributed by atoms with Crippen molar-refractivity contribution in [1.82, 2.24) is 5.32 Å². The molecule has 114 valence electrons. The summed E-state index contributed by atoms with van der Waals surface area (Å²) in [6.07, 6.45) is 13.4. The Bertz CT molecular complexity index is 193. The van der Waals surface area contributed by atoms with E-state index >= 15 is 0 Å². The highest BCUT2D eigenvalue weighted by Crippen LogP contribution is 2.15. The van der Waals surface area contributed by atoms with Gasteiger partial charge in [0.2, 0.25) is 0 Å². The Morgan fingerprint density at radius 2 is 1.53 bits per heavy atom. The molecule has 0 amide bonds. The Kier molecular flexibility index (Phi) is 10.4. The molecule has 0 spiro atoms. The maximum absolute atomic E-state index is 5.51. The van der Waals surface area contributed by atoms with Crippen LogP contribution in [0.3, 0.4) is 0 Å². The molecule has 1 fully saturated rings. The molecule has 0 aromatic heterocycles. The SMILES string of the molecule is CCCCCCCCCCC(CC1OCCO1)NC. The molecule has 0 aromatic carbocycles. The molecule has 0 aliphatic carbocycles. The molecule has 1 rings (SSSR count). The van der Waals surface area contributed by atoms with E-state index in [9.17, 15) is 0 Å². The Balaban J connectivity index is 1.91. The molecule has 0 bridgehead atoms. The zero-order valence-corrected chi connectivity index (χ0v) is 13.0. The molecule has 1 aliphatic rings. The van der Waals surface area contributed by atoms with E-state index < -0.39 is 0 Å². The summed E-state index contributed by atoms with van der Waals surface area (Å²) in [6, 6.07) is 0.545. The molecule has 3 heteroatoms. The Hall–Kier alpha value is -0.120. The number of unbranched alkanes of at least 4 members (excludes halogenated alkanes) is 7. The van der Waals surface area contributed by atoms with Gasteiger partial charge in [-0.2, -0.15) is 0 Å². The Labute approximate surface area is 119 Å². The van der Waals surface area contributed by atoms with Gasteiger partial charge in [0.1, 0.15) is 0 Å². The third-order valence-corrected chi connectivity index (χ3v) is 3.98. The van der Waals surface area contributed by atoms with Crippen molar-refractivity contribution in [3.8, 4) is 0 Å². The van der Waals surface area contributed by atoms with E-state index in [2.05, 4.69) is 12.2 Å². The first kappa shape index (κ1) is 16.9. The fourth-order valence-electron chi connectivity index (χ4n) is 2.68. The first-order valence-corrected chi connectivity index (χ1v) is 8.27. The summed E-state index contributed by atoms with van der Waals surface area (Å²) in [5.41, 5.74) is 0. The minimum atomic E-state index is 0.0338. The number of hydrogen-bond donors (Lipinski definition) is 1. The van der Waals surface area contributed by atoms with Crippen LogP contribution in [-0.4, -0.2) is 32.6 Å². The van der Waals surface area contributed by atoms with E-state index in [1.54, 1.807) is 0 Å². The van der Waals surface area contributed by atoms with Gasteiger partial charge in [-0.3, -0.25) is 0 Å². The largest absolute Gasteiger partial charge is 0.350 e. The van der Waals surface area contributed by atoms with Crippen molar-refractivity contribution in [3.63, 3.8) is 0 Å². The lowest BCUT2D eigenvalue weighted by atomic mass is 10.0. The van der Waals surface area contributed by atoms with Crippen LogP contribution in [0.4, 0.5) is 0 Å². The third kappa shape index (κ3) is 8.61. The molecule has 1 unspecified atom stereocenters. The fraction of sp³-hybridized carbons (Fsp3) is 1.00. The van der Waals surface area contributed by atoms with Crippen LogP contribution < -0.4 is 5.32 Å². The fourth-order valence-corrected chi connectivity index (χ4v) is 2.68. The van der Waals surface area contributed by atoms with E-state index in [0.29, 0.717) is 6.04 Å². The lowest BCUT2D eigenvalue weighted by Crippen LogP contribution is -2.30. The molecule has 1 heterocycles. The van der Waals surface area contributed by atoms with Crippen LogP contribution in [0, 0.1) is 0 Å². The van der Waals surface area contributed by atoms with Gasteiger partial charge in [0.25, 0.3) is 0 Å². The summed E-state index contributed by atoms with van der Waals surface area (Å²) in [7, 11) is 2.05. The van der Waals surface area contributed by atoms with Gasteiger partial charge in [-0.15, -0.1) is 0 Å². The van der Waals surface area contributed by atoms with Crippen molar-refractivity contribution in [2.24, 2.45) is 0 Å². The van der Waals surface area contributed by atoms with E-state index in [1.165, 1.54) is 57.8 Å². The van der Waals surface area contributed by atoms with E-state index in [4.69, 9.17) is 9.47 Å². The Morgan fingerprint density at radius 3 is 2.11 bits per heavy atom. The van der Waals surface area contributed by atoms with Gasteiger partial charge in [-0.1, -0.05) is 58.3 Å². The minimum absolute atomic E-state index is 0.0338.